The molecule has 1 N–H and O–H groups in total. The monoisotopic (exact) mass is 517 g/mol. The van der Waals surface area contributed by atoms with Crippen LogP contribution in [0.15, 0.2) is 58.3 Å². The maximum Gasteiger partial charge on any atom is 0.427 e. The lowest BCUT2D eigenvalue weighted by molar-refractivity contribution is 0.0665. The first-order valence-electron chi connectivity index (χ1n) is 11.3. The number of amides is 1. The molecule has 3 heterocycles. The minimum absolute atomic E-state index is 0.0880. The zero-order valence-electron chi connectivity index (χ0n) is 18.7. The Labute approximate surface area is 206 Å². The molecular formula is C24H24FN3O5S2. The molecule has 2 aliphatic rings. The Balaban J connectivity index is 1.54. The third kappa shape index (κ3) is 4.39. The van der Waals surface area contributed by atoms with Crippen LogP contribution in [0, 0.1) is 5.82 Å². The van der Waals surface area contributed by atoms with Gasteiger partial charge in [-0.25, -0.2) is 22.6 Å². The van der Waals surface area contributed by atoms with Crippen molar-refractivity contribution in [3.8, 4) is 5.75 Å². The third-order valence-corrected chi connectivity index (χ3v) is 8.79. The maximum absolute atomic E-state index is 15.4. The summed E-state index contributed by atoms with van der Waals surface area (Å²) in [5.41, 5.74) is 3.07. The van der Waals surface area contributed by atoms with Crippen molar-refractivity contribution >= 4 is 33.3 Å². The molecule has 2 aliphatic heterocycles. The van der Waals surface area contributed by atoms with E-state index in [9.17, 15) is 18.3 Å². The first-order valence-corrected chi connectivity index (χ1v) is 13.7. The van der Waals surface area contributed by atoms with Crippen LogP contribution >= 0.6 is 11.3 Å². The van der Waals surface area contributed by atoms with Crippen molar-refractivity contribution in [1.29, 1.82) is 0 Å². The van der Waals surface area contributed by atoms with Gasteiger partial charge in [0, 0.05) is 35.5 Å². The molecule has 1 unspecified atom stereocenters. The molecule has 2 aromatic carbocycles. The highest BCUT2D eigenvalue weighted by Gasteiger charge is 2.39. The van der Waals surface area contributed by atoms with Gasteiger partial charge in [-0.15, -0.1) is 15.6 Å². The van der Waals surface area contributed by atoms with Gasteiger partial charge < -0.3 is 9.84 Å². The Bertz CT molecular complexity index is 1320. The Kier molecular flexibility index (Phi) is 6.47. The number of likely N-dealkylation sites (tertiary alicyclic amines) is 1. The number of benzene rings is 2. The average Bonchev–Trinajstić information content (AvgIpc) is 3.37. The summed E-state index contributed by atoms with van der Waals surface area (Å²) >= 11 is 1.03. The number of anilines is 1. The zero-order valence-corrected chi connectivity index (χ0v) is 20.3. The van der Waals surface area contributed by atoms with E-state index in [-0.39, 0.29) is 28.0 Å². The largest absolute Gasteiger partial charge is 0.493 e. The molecule has 1 saturated heterocycles. The summed E-state index contributed by atoms with van der Waals surface area (Å²) in [6.45, 7) is 1.18. The van der Waals surface area contributed by atoms with Gasteiger partial charge in [-0.05, 0) is 31.0 Å². The fraction of sp³-hybridized carbons (Fsp3) is 0.333. The summed E-state index contributed by atoms with van der Waals surface area (Å²) in [5, 5.41) is 10.8. The van der Waals surface area contributed by atoms with Crippen LogP contribution in [0.3, 0.4) is 0 Å². The van der Waals surface area contributed by atoms with E-state index < -0.39 is 26.8 Å². The number of carboxylic acid groups (broad SMARTS) is 1. The average molecular weight is 518 g/mol. The van der Waals surface area contributed by atoms with Gasteiger partial charge in [0.25, 0.3) is 10.0 Å². The lowest BCUT2D eigenvalue weighted by Crippen LogP contribution is -2.39. The number of rotatable bonds is 5. The molecule has 5 rings (SSSR count). The summed E-state index contributed by atoms with van der Waals surface area (Å²) in [4.78, 5) is 17.2. The van der Waals surface area contributed by atoms with Crippen molar-refractivity contribution in [1.82, 2.24) is 9.88 Å². The van der Waals surface area contributed by atoms with E-state index in [1.54, 1.807) is 0 Å². The lowest BCUT2D eigenvalue weighted by Gasteiger charge is -2.43. The highest BCUT2D eigenvalue weighted by atomic mass is 32.2. The molecule has 8 nitrogen and oxygen atoms in total. The molecular weight excluding hydrogens is 493 g/mol. The fourth-order valence-corrected chi connectivity index (χ4v) is 6.90. The normalized spacial score (nSPS) is 20.6. The standard InChI is InChI=1S/C24H24FN3O5S2/c25-18-12-17-20(27-10-5-4-8-19(27)16-6-2-1-3-7-16)9-11-33-21(17)13-22(18)35(31,32)28(24(29)30)23-14-34-15-26-23/h1-3,6-7,12-15,19-20H,4-5,8-11H2,(H,29,30)/t19-,20?/m0/s1. The van der Waals surface area contributed by atoms with Crippen LogP contribution in [-0.2, 0) is 10.0 Å². The smallest absolute Gasteiger partial charge is 0.427 e. The molecule has 0 saturated carbocycles. The number of carbonyl (C=O) groups is 1. The van der Waals surface area contributed by atoms with Gasteiger partial charge in [-0.2, -0.15) is 0 Å². The van der Waals surface area contributed by atoms with Crippen molar-refractivity contribution in [3.63, 3.8) is 0 Å². The number of ether oxygens (including phenoxy) is 1. The maximum atomic E-state index is 15.4. The van der Waals surface area contributed by atoms with Crippen LogP contribution in [0.2, 0.25) is 0 Å². The summed E-state index contributed by atoms with van der Waals surface area (Å²) in [6, 6.07) is 12.5. The highest BCUT2D eigenvalue weighted by molar-refractivity contribution is 7.93. The third-order valence-electron chi connectivity index (χ3n) is 6.52. The van der Waals surface area contributed by atoms with Gasteiger partial charge in [-0.3, -0.25) is 4.90 Å². The van der Waals surface area contributed by atoms with Crippen LogP contribution in [0.25, 0.3) is 0 Å². The number of fused-ring (bicyclic) bond motifs is 1. The fourth-order valence-electron chi connectivity index (χ4n) is 5.00. The molecule has 2 atom stereocenters. The van der Waals surface area contributed by atoms with Crippen LogP contribution in [-0.4, -0.2) is 42.7 Å². The van der Waals surface area contributed by atoms with Gasteiger partial charge in [0.15, 0.2) is 5.82 Å². The Hall–Kier alpha value is -3.02. The van der Waals surface area contributed by atoms with Crippen molar-refractivity contribution < 1.29 is 27.4 Å². The number of hydrogen-bond donors (Lipinski definition) is 1. The van der Waals surface area contributed by atoms with Crippen LogP contribution in [0.5, 0.6) is 5.75 Å². The molecule has 0 aliphatic carbocycles. The lowest BCUT2D eigenvalue weighted by atomic mass is 9.89. The Morgan fingerprint density at radius 3 is 2.69 bits per heavy atom. The number of nitrogens with zero attached hydrogens (tertiary/aromatic N) is 3. The number of piperidine rings is 1. The molecule has 1 aromatic heterocycles. The van der Waals surface area contributed by atoms with Crippen molar-refractivity contribution in [2.75, 3.05) is 17.5 Å². The summed E-state index contributed by atoms with van der Waals surface area (Å²) in [6.07, 6.45) is 1.96. The second kappa shape index (κ2) is 9.56. The van der Waals surface area contributed by atoms with Crippen LogP contribution in [0.1, 0.15) is 48.9 Å². The van der Waals surface area contributed by atoms with E-state index in [0.29, 0.717) is 18.6 Å². The first-order chi connectivity index (χ1) is 16.9. The van der Waals surface area contributed by atoms with E-state index in [0.717, 1.165) is 43.2 Å². The number of halogens is 1. The number of aromatic nitrogens is 1. The Morgan fingerprint density at radius 1 is 1.17 bits per heavy atom. The molecule has 0 spiro atoms. The minimum Gasteiger partial charge on any atom is -0.493 e. The predicted octanol–water partition coefficient (Wildman–Crippen LogP) is 5.21. The van der Waals surface area contributed by atoms with E-state index in [4.69, 9.17) is 4.74 Å². The molecule has 184 valence electrons. The molecule has 0 radical (unpaired) electrons. The van der Waals surface area contributed by atoms with Crippen LogP contribution in [0.4, 0.5) is 15.0 Å². The number of sulfonamides is 1. The SMILES string of the molecule is O=C(O)N(c1cscn1)S(=O)(=O)c1cc2c(cc1F)C(N1CCCC[C@H]1c1ccccc1)CCO2. The second-order valence-corrected chi connectivity index (χ2v) is 11.0. The first kappa shape index (κ1) is 23.7. The van der Waals surface area contributed by atoms with Gasteiger partial charge in [0.05, 0.1) is 12.1 Å². The predicted molar refractivity (Wildman–Crippen MR) is 129 cm³/mol. The topological polar surface area (TPSA) is 100 Å². The van der Waals surface area contributed by atoms with E-state index in [2.05, 4.69) is 22.0 Å². The number of thiazole rings is 1. The molecule has 1 amide bonds. The van der Waals surface area contributed by atoms with E-state index in [1.165, 1.54) is 22.5 Å². The van der Waals surface area contributed by atoms with Gasteiger partial charge >= 0.3 is 6.09 Å². The highest BCUT2D eigenvalue weighted by Crippen LogP contribution is 2.45. The van der Waals surface area contributed by atoms with Crippen molar-refractivity contribution in [3.05, 3.63) is 70.3 Å². The molecule has 0 bridgehead atoms. The van der Waals surface area contributed by atoms with Gasteiger partial charge in [-0.1, -0.05) is 36.8 Å². The zero-order chi connectivity index (χ0) is 24.6. The number of hydrogen-bond acceptors (Lipinski definition) is 7. The molecule has 11 heteroatoms. The van der Waals surface area contributed by atoms with Gasteiger partial charge in [0.1, 0.15) is 16.5 Å². The van der Waals surface area contributed by atoms with Crippen LogP contribution < -0.4 is 9.04 Å². The second-order valence-electron chi connectivity index (χ2n) is 8.53. The summed E-state index contributed by atoms with van der Waals surface area (Å²) in [5.74, 6) is -1.08. The molecule has 35 heavy (non-hydrogen) atoms. The molecule has 3 aromatic rings. The summed E-state index contributed by atoms with van der Waals surface area (Å²) < 4.78 is 47.7. The van der Waals surface area contributed by atoms with E-state index >= 15 is 4.39 Å². The minimum atomic E-state index is -4.77. The summed E-state index contributed by atoms with van der Waals surface area (Å²) in [7, 11) is -4.77. The van der Waals surface area contributed by atoms with Crippen molar-refractivity contribution in [2.45, 2.75) is 42.7 Å². The molecule has 1 fully saturated rings. The van der Waals surface area contributed by atoms with E-state index in [1.807, 2.05) is 18.2 Å². The van der Waals surface area contributed by atoms with Crippen molar-refractivity contribution in [2.24, 2.45) is 0 Å². The Morgan fingerprint density at radius 2 is 1.97 bits per heavy atom. The van der Waals surface area contributed by atoms with Gasteiger partial charge in [0.2, 0.25) is 0 Å². The quantitative estimate of drug-likeness (QED) is 0.496.